The van der Waals surface area contributed by atoms with Gasteiger partial charge < -0.3 is 5.11 Å². The Balaban J connectivity index is 2.26. The van der Waals surface area contributed by atoms with E-state index in [2.05, 4.69) is 13.8 Å². The van der Waals surface area contributed by atoms with Crippen molar-refractivity contribution in [3.05, 3.63) is 0 Å². The zero-order valence-electron chi connectivity index (χ0n) is 8.47. The molecule has 0 aromatic rings. The van der Waals surface area contributed by atoms with Crippen LogP contribution in [-0.4, -0.2) is 11.1 Å². The summed E-state index contributed by atoms with van der Waals surface area (Å²) in [5, 5.41) is 8.92. The molecule has 2 fully saturated rings. The lowest BCUT2D eigenvalue weighted by molar-refractivity contribution is -0.141. The van der Waals surface area contributed by atoms with Crippen LogP contribution in [0.2, 0.25) is 0 Å². The average Bonchev–Trinajstić information content (AvgIpc) is 2.36. The van der Waals surface area contributed by atoms with Crippen molar-refractivity contribution in [1.82, 2.24) is 0 Å². The second kappa shape index (κ2) is 2.49. The van der Waals surface area contributed by atoms with Crippen molar-refractivity contribution in [1.29, 1.82) is 0 Å². The molecule has 0 aromatic carbocycles. The number of hydrogen-bond acceptors (Lipinski definition) is 1. The first kappa shape index (κ1) is 9.04. The van der Waals surface area contributed by atoms with Gasteiger partial charge in [0.25, 0.3) is 0 Å². The Morgan fingerprint density at radius 3 is 2.23 bits per heavy atom. The maximum atomic E-state index is 10.8. The van der Waals surface area contributed by atoms with Crippen molar-refractivity contribution < 1.29 is 9.90 Å². The van der Waals surface area contributed by atoms with Gasteiger partial charge in [-0.2, -0.15) is 0 Å². The summed E-state index contributed by atoms with van der Waals surface area (Å²) in [5.41, 5.74) is 0.398. The molecule has 1 atom stereocenters. The highest BCUT2D eigenvalue weighted by atomic mass is 16.4. The van der Waals surface area contributed by atoms with Crippen LogP contribution < -0.4 is 0 Å². The van der Waals surface area contributed by atoms with Gasteiger partial charge in [0.2, 0.25) is 0 Å². The zero-order valence-corrected chi connectivity index (χ0v) is 8.47. The first-order valence-electron chi connectivity index (χ1n) is 5.20. The third-order valence-corrected chi connectivity index (χ3v) is 4.89. The molecule has 0 unspecified atom stereocenters. The van der Waals surface area contributed by atoms with E-state index < -0.39 is 5.97 Å². The van der Waals surface area contributed by atoms with Gasteiger partial charge in [0, 0.05) is 0 Å². The molecule has 2 heteroatoms. The number of carboxylic acids is 1. The third kappa shape index (κ3) is 1.04. The van der Waals surface area contributed by atoms with Gasteiger partial charge in [-0.05, 0) is 42.4 Å². The molecule has 2 saturated carbocycles. The Hall–Kier alpha value is -0.530. The van der Waals surface area contributed by atoms with Crippen molar-refractivity contribution in [2.24, 2.45) is 16.7 Å². The van der Waals surface area contributed by atoms with E-state index in [1.165, 1.54) is 25.7 Å². The summed E-state index contributed by atoms with van der Waals surface area (Å²) in [4.78, 5) is 10.8. The Kier molecular flexibility index (Phi) is 1.73. The summed E-state index contributed by atoms with van der Waals surface area (Å²) in [5.74, 6) is 0.0520. The molecule has 2 aliphatic carbocycles. The number of rotatable bonds is 2. The minimum absolute atomic E-state index is 0.0822. The summed E-state index contributed by atoms with van der Waals surface area (Å²) in [6.07, 6.45) is 5.34. The molecule has 0 aromatic heterocycles. The summed E-state index contributed by atoms with van der Waals surface area (Å²) < 4.78 is 0. The molecular formula is C11H18O2. The monoisotopic (exact) mass is 182 g/mol. The molecule has 2 nitrogen and oxygen atoms in total. The van der Waals surface area contributed by atoms with E-state index in [1.807, 2.05) is 0 Å². The maximum absolute atomic E-state index is 10.8. The van der Waals surface area contributed by atoms with Gasteiger partial charge in [0.1, 0.15) is 0 Å². The zero-order chi connectivity index (χ0) is 9.69. The molecule has 74 valence electrons. The predicted octanol–water partition coefficient (Wildman–Crippen LogP) is 2.68. The molecule has 1 N–H and O–H groups in total. The second-order valence-electron chi connectivity index (χ2n) is 5.32. The summed E-state index contributed by atoms with van der Waals surface area (Å²) in [6, 6.07) is 0. The van der Waals surface area contributed by atoms with E-state index in [0.717, 1.165) is 0 Å². The van der Waals surface area contributed by atoms with Crippen LogP contribution in [-0.2, 0) is 4.79 Å². The number of hydrogen-bond donors (Lipinski definition) is 1. The van der Waals surface area contributed by atoms with Gasteiger partial charge in [-0.1, -0.05) is 13.8 Å². The van der Waals surface area contributed by atoms with Crippen LogP contribution in [0.3, 0.4) is 0 Å². The van der Waals surface area contributed by atoms with Crippen LogP contribution in [0, 0.1) is 16.7 Å². The van der Waals surface area contributed by atoms with Gasteiger partial charge in [-0.3, -0.25) is 4.79 Å². The standard InChI is InChI=1S/C11H18O2/c1-10-5-3-8(4-6-10)11(10,2)7-9(12)13/h8H,3-7H2,1-2H3,(H,12,13)/t8?,10?,11-/m0/s1. The van der Waals surface area contributed by atoms with Gasteiger partial charge in [0.05, 0.1) is 6.42 Å². The summed E-state index contributed by atoms with van der Waals surface area (Å²) >= 11 is 0. The fourth-order valence-electron chi connectivity index (χ4n) is 3.63. The average molecular weight is 182 g/mol. The van der Waals surface area contributed by atoms with Crippen LogP contribution in [0.15, 0.2) is 0 Å². The van der Waals surface area contributed by atoms with Gasteiger partial charge in [-0.15, -0.1) is 0 Å². The molecule has 2 rings (SSSR count). The van der Waals surface area contributed by atoms with Crippen molar-refractivity contribution in [3.63, 3.8) is 0 Å². The highest BCUT2D eigenvalue weighted by Gasteiger charge is 2.59. The van der Waals surface area contributed by atoms with Crippen molar-refractivity contribution in [2.45, 2.75) is 46.0 Å². The number of fused-ring (bicyclic) bond motifs is 2. The first-order valence-corrected chi connectivity index (χ1v) is 5.20. The van der Waals surface area contributed by atoms with Crippen LogP contribution in [0.1, 0.15) is 46.0 Å². The number of aliphatic carboxylic acids is 1. The molecule has 13 heavy (non-hydrogen) atoms. The lowest BCUT2D eigenvalue weighted by Crippen LogP contribution is -2.32. The molecule has 0 saturated heterocycles. The molecule has 0 amide bonds. The van der Waals surface area contributed by atoms with Gasteiger partial charge >= 0.3 is 5.97 Å². The number of carboxylic acid groups (broad SMARTS) is 1. The molecular weight excluding hydrogens is 164 g/mol. The van der Waals surface area contributed by atoms with Crippen LogP contribution in [0.5, 0.6) is 0 Å². The summed E-state index contributed by atoms with van der Waals surface area (Å²) in [6.45, 7) is 4.47. The Morgan fingerprint density at radius 1 is 1.38 bits per heavy atom. The molecule has 0 heterocycles. The van der Waals surface area contributed by atoms with E-state index in [1.54, 1.807) is 0 Å². The van der Waals surface area contributed by atoms with Gasteiger partial charge in [0.15, 0.2) is 0 Å². The topological polar surface area (TPSA) is 37.3 Å². The fraction of sp³-hybridized carbons (Fsp3) is 0.909. The van der Waals surface area contributed by atoms with Crippen LogP contribution >= 0.6 is 0 Å². The molecule has 0 spiro atoms. The molecule has 0 aliphatic heterocycles. The molecule has 2 aliphatic rings. The highest BCUT2D eigenvalue weighted by Crippen LogP contribution is 2.67. The van der Waals surface area contributed by atoms with Crippen molar-refractivity contribution >= 4 is 5.97 Å². The first-order chi connectivity index (χ1) is 5.98. The van der Waals surface area contributed by atoms with E-state index in [0.29, 0.717) is 17.8 Å². The van der Waals surface area contributed by atoms with Crippen molar-refractivity contribution in [2.75, 3.05) is 0 Å². The smallest absolute Gasteiger partial charge is 0.303 e. The van der Waals surface area contributed by atoms with Gasteiger partial charge in [-0.25, -0.2) is 0 Å². The molecule has 0 radical (unpaired) electrons. The van der Waals surface area contributed by atoms with Crippen LogP contribution in [0.25, 0.3) is 0 Å². The minimum Gasteiger partial charge on any atom is -0.481 e. The van der Waals surface area contributed by atoms with E-state index in [9.17, 15) is 4.79 Å². The fourth-order valence-corrected chi connectivity index (χ4v) is 3.63. The lowest BCUT2D eigenvalue weighted by Gasteiger charge is -2.36. The van der Waals surface area contributed by atoms with Crippen LogP contribution in [0.4, 0.5) is 0 Å². The minimum atomic E-state index is -0.623. The lowest BCUT2D eigenvalue weighted by atomic mass is 9.67. The largest absolute Gasteiger partial charge is 0.481 e. The molecule has 2 bridgehead atoms. The van der Waals surface area contributed by atoms with E-state index >= 15 is 0 Å². The Labute approximate surface area is 79.3 Å². The quantitative estimate of drug-likeness (QED) is 0.713. The summed E-state index contributed by atoms with van der Waals surface area (Å²) in [7, 11) is 0. The Bertz CT molecular complexity index is 238. The third-order valence-electron chi connectivity index (χ3n) is 4.89. The van der Waals surface area contributed by atoms with E-state index in [-0.39, 0.29) is 5.41 Å². The van der Waals surface area contributed by atoms with Crippen molar-refractivity contribution in [3.8, 4) is 0 Å². The SMILES string of the molecule is CC12CCC(CC1)[C@]2(C)CC(=O)O. The predicted molar refractivity (Wildman–Crippen MR) is 50.4 cm³/mol. The number of carbonyl (C=O) groups is 1. The normalized spacial score (nSPS) is 48.3. The maximum Gasteiger partial charge on any atom is 0.303 e. The second-order valence-corrected chi connectivity index (χ2v) is 5.32. The van der Waals surface area contributed by atoms with E-state index in [4.69, 9.17) is 5.11 Å². The highest BCUT2D eigenvalue weighted by molar-refractivity contribution is 5.68. The Morgan fingerprint density at radius 2 is 1.92 bits per heavy atom.